The van der Waals surface area contributed by atoms with E-state index in [1.807, 2.05) is 31.4 Å². The van der Waals surface area contributed by atoms with Gasteiger partial charge >= 0.3 is 0 Å². The van der Waals surface area contributed by atoms with Crippen LogP contribution in [0.15, 0.2) is 28.5 Å². The highest BCUT2D eigenvalue weighted by molar-refractivity contribution is 6.08. The van der Waals surface area contributed by atoms with E-state index in [4.69, 9.17) is 4.99 Å². The van der Waals surface area contributed by atoms with Crippen LogP contribution < -0.4 is 9.80 Å². The molecular formula is C20H27N5O2. The lowest BCUT2D eigenvalue weighted by Gasteiger charge is -2.37. The molecule has 1 saturated heterocycles. The van der Waals surface area contributed by atoms with E-state index in [0.29, 0.717) is 24.8 Å². The van der Waals surface area contributed by atoms with E-state index < -0.39 is 5.60 Å². The summed E-state index contributed by atoms with van der Waals surface area (Å²) in [4.78, 5) is 29.7. The van der Waals surface area contributed by atoms with Crippen LogP contribution in [-0.4, -0.2) is 65.9 Å². The van der Waals surface area contributed by atoms with Crippen LogP contribution in [-0.2, 0) is 4.79 Å². The van der Waals surface area contributed by atoms with Crippen LogP contribution in [0, 0.1) is 5.92 Å². The van der Waals surface area contributed by atoms with E-state index in [1.165, 1.54) is 0 Å². The Bertz CT molecular complexity index is 802. The minimum absolute atomic E-state index is 0.117. The number of aliphatic imine (C=N–C) groups is 1. The van der Waals surface area contributed by atoms with Gasteiger partial charge in [-0.05, 0) is 25.3 Å². The van der Waals surface area contributed by atoms with Crippen LogP contribution >= 0.6 is 0 Å². The van der Waals surface area contributed by atoms with Gasteiger partial charge < -0.3 is 14.9 Å². The summed E-state index contributed by atoms with van der Waals surface area (Å²) < 4.78 is 0. The highest BCUT2D eigenvalue weighted by atomic mass is 16.3. The van der Waals surface area contributed by atoms with Crippen molar-refractivity contribution in [3.8, 4) is 0 Å². The van der Waals surface area contributed by atoms with Gasteiger partial charge in [0.15, 0.2) is 0 Å². The van der Waals surface area contributed by atoms with Gasteiger partial charge in [-0.15, -0.1) is 0 Å². The van der Waals surface area contributed by atoms with Gasteiger partial charge in [0.2, 0.25) is 5.95 Å². The maximum Gasteiger partial charge on any atom is 0.224 e. The molecular weight excluding hydrogens is 342 g/mol. The molecule has 0 radical (unpaired) electrons. The lowest BCUT2D eigenvalue weighted by molar-refractivity contribution is -0.122. The third kappa shape index (κ3) is 3.36. The van der Waals surface area contributed by atoms with Gasteiger partial charge in [-0.2, -0.15) is 0 Å². The minimum Gasteiger partial charge on any atom is -0.385 e. The Labute approximate surface area is 159 Å². The molecule has 0 amide bonds. The van der Waals surface area contributed by atoms with Crippen molar-refractivity contribution in [1.82, 2.24) is 9.97 Å². The molecule has 0 aromatic carbocycles. The fraction of sp³-hybridized carbons (Fsp3) is 0.600. The zero-order valence-electron chi connectivity index (χ0n) is 16.3. The number of anilines is 2. The molecule has 2 aliphatic heterocycles. The topological polar surface area (TPSA) is 81.9 Å². The molecule has 27 heavy (non-hydrogen) atoms. The first kappa shape index (κ1) is 18.1. The molecule has 3 heterocycles. The second-order valence-electron chi connectivity index (χ2n) is 8.24. The average Bonchev–Trinajstić information content (AvgIpc) is 3.06. The molecule has 3 aliphatic rings. The molecule has 0 spiro atoms. The Morgan fingerprint density at radius 2 is 1.89 bits per heavy atom. The van der Waals surface area contributed by atoms with Crippen molar-refractivity contribution in [2.24, 2.45) is 10.9 Å². The van der Waals surface area contributed by atoms with Gasteiger partial charge in [0, 0.05) is 57.2 Å². The first-order valence-electron chi connectivity index (χ1n) is 9.61. The summed E-state index contributed by atoms with van der Waals surface area (Å²) in [5.74, 6) is 1.17. The average molecular weight is 369 g/mol. The van der Waals surface area contributed by atoms with E-state index in [1.54, 1.807) is 6.92 Å². The van der Waals surface area contributed by atoms with Gasteiger partial charge in [0.05, 0.1) is 30.2 Å². The van der Waals surface area contributed by atoms with Crippen LogP contribution in [0.4, 0.5) is 11.6 Å². The maximum atomic E-state index is 11.9. The summed E-state index contributed by atoms with van der Waals surface area (Å²) in [5.41, 5.74) is 3.01. The Kier molecular flexibility index (Phi) is 4.50. The van der Waals surface area contributed by atoms with E-state index >= 15 is 0 Å². The number of hydrogen-bond donors (Lipinski definition) is 1. The summed E-state index contributed by atoms with van der Waals surface area (Å²) in [6.45, 7) is 4.17. The lowest BCUT2D eigenvalue weighted by atomic mass is 9.74. The first-order chi connectivity index (χ1) is 12.8. The number of ketones is 1. The molecule has 7 nitrogen and oxygen atoms in total. The Balaban J connectivity index is 1.45. The van der Waals surface area contributed by atoms with Gasteiger partial charge in [-0.3, -0.25) is 9.79 Å². The molecule has 1 aromatic heterocycles. The van der Waals surface area contributed by atoms with Gasteiger partial charge in [-0.1, -0.05) is 0 Å². The predicted molar refractivity (Wildman–Crippen MR) is 105 cm³/mol. The molecule has 0 bridgehead atoms. The van der Waals surface area contributed by atoms with Crippen molar-refractivity contribution in [1.29, 1.82) is 0 Å². The van der Waals surface area contributed by atoms with Gasteiger partial charge in [0.25, 0.3) is 0 Å². The standard InChI is InChI=1S/C20H27N5O2/c1-20(27)9-16(26)8-14-10-21-18(17(14)20)13-4-6-25(7-5-13)15-11-22-19(23-12-15)24(2)3/h11-13,27H,4-10H2,1-3H3. The number of hydrogen-bond acceptors (Lipinski definition) is 7. The normalized spacial score (nSPS) is 26.3. The summed E-state index contributed by atoms with van der Waals surface area (Å²) >= 11 is 0. The zero-order chi connectivity index (χ0) is 19.2. The van der Waals surface area contributed by atoms with E-state index in [0.717, 1.165) is 48.5 Å². The van der Waals surface area contributed by atoms with Crippen molar-refractivity contribution in [3.63, 3.8) is 0 Å². The summed E-state index contributed by atoms with van der Waals surface area (Å²) in [5, 5.41) is 10.8. The van der Waals surface area contributed by atoms with Crippen molar-refractivity contribution in [2.45, 2.75) is 38.2 Å². The Morgan fingerprint density at radius 3 is 2.52 bits per heavy atom. The molecule has 4 rings (SSSR count). The summed E-state index contributed by atoms with van der Waals surface area (Å²) in [6, 6.07) is 0. The molecule has 1 atom stereocenters. The second kappa shape index (κ2) is 6.71. The molecule has 7 heteroatoms. The molecule has 1 aliphatic carbocycles. The number of rotatable bonds is 3. The number of aromatic nitrogens is 2. The number of carbonyl (C=O) groups is 1. The minimum atomic E-state index is -1.06. The van der Waals surface area contributed by atoms with Crippen molar-refractivity contribution in [3.05, 3.63) is 23.5 Å². The monoisotopic (exact) mass is 369 g/mol. The van der Waals surface area contributed by atoms with Crippen LogP contribution in [0.25, 0.3) is 0 Å². The fourth-order valence-corrected chi connectivity index (χ4v) is 4.55. The van der Waals surface area contributed by atoms with E-state index in [2.05, 4.69) is 14.9 Å². The second-order valence-corrected chi connectivity index (χ2v) is 8.24. The molecule has 1 aromatic rings. The summed E-state index contributed by atoms with van der Waals surface area (Å²) in [6.07, 6.45) is 6.39. The number of aliphatic hydroxyl groups is 1. The van der Waals surface area contributed by atoms with Crippen LogP contribution in [0.5, 0.6) is 0 Å². The van der Waals surface area contributed by atoms with Crippen LogP contribution in [0.2, 0.25) is 0 Å². The highest BCUT2D eigenvalue weighted by Gasteiger charge is 2.43. The Hall–Kier alpha value is -2.28. The molecule has 1 N–H and O–H groups in total. The maximum absolute atomic E-state index is 11.9. The number of carbonyl (C=O) groups excluding carboxylic acids is 1. The predicted octanol–water partition coefficient (Wildman–Crippen LogP) is 1.62. The molecule has 1 fully saturated rings. The van der Waals surface area contributed by atoms with Crippen LogP contribution in [0.1, 0.15) is 32.6 Å². The van der Waals surface area contributed by atoms with Gasteiger partial charge in [-0.25, -0.2) is 9.97 Å². The SMILES string of the molecule is CN(C)c1ncc(N2CCC(C3=NCC4=C3C(C)(O)CC(=O)C4)CC2)cn1. The zero-order valence-corrected chi connectivity index (χ0v) is 16.3. The van der Waals surface area contributed by atoms with E-state index in [9.17, 15) is 9.90 Å². The quantitative estimate of drug-likeness (QED) is 0.872. The highest BCUT2D eigenvalue weighted by Crippen LogP contribution is 2.40. The van der Waals surface area contributed by atoms with Crippen LogP contribution in [0.3, 0.4) is 0 Å². The van der Waals surface area contributed by atoms with Crippen molar-refractivity contribution < 1.29 is 9.90 Å². The van der Waals surface area contributed by atoms with Crippen molar-refractivity contribution in [2.75, 3.05) is 43.5 Å². The summed E-state index contributed by atoms with van der Waals surface area (Å²) in [7, 11) is 3.86. The Morgan fingerprint density at radius 1 is 1.22 bits per heavy atom. The third-order valence-corrected chi connectivity index (χ3v) is 5.81. The molecule has 144 valence electrons. The number of Topliss-reactive ketones (excluding diaryl/α,β-unsaturated/α-hetero) is 1. The number of nitrogens with zero attached hydrogens (tertiary/aromatic N) is 5. The fourth-order valence-electron chi connectivity index (χ4n) is 4.55. The number of piperidine rings is 1. The third-order valence-electron chi connectivity index (χ3n) is 5.81. The van der Waals surface area contributed by atoms with E-state index in [-0.39, 0.29) is 12.2 Å². The largest absolute Gasteiger partial charge is 0.385 e. The van der Waals surface area contributed by atoms with Gasteiger partial charge in [0.1, 0.15) is 5.78 Å². The lowest BCUT2D eigenvalue weighted by Crippen LogP contribution is -2.42. The molecule has 0 saturated carbocycles. The van der Waals surface area contributed by atoms with Crippen molar-refractivity contribution >= 4 is 23.1 Å². The first-order valence-corrected chi connectivity index (χ1v) is 9.61. The smallest absolute Gasteiger partial charge is 0.224 e. The molecule has 1 unspecified atom stereocenters.